The van der Waals surface area contributed by atoms with Gasteiger partial charge in [0, 0.05) is 63.1 Å². The zero-order chi connectivity index (χ0) is 33.6. The molecule has 2 heterocycles. The maximum absolute atomic E-state index is 13.5. The minimum atomic E-state index is -3.70. The number of rotatable bonds is 13. The number of nitrogens with one attached hydrogen (secondary N) is 2. The van der Waals surface area contributed by atoms with Crippen molar-refractivity contribution >= 4 is 45.5 Å². The van der Waals surface area contributed by atoms with Gasteiger partial charge in [0.15, 0.2) is 0 Å². The number of amides is 3. The molecule has 252 valence electrons. The zero-order valence-electron chi connectivity index (χ0n) is 26.7. The molecule has 5 rings (SSSR count). The number of carbonyl (C=O) groups is 3. The number of nitrogens with zero attached hydrogens (tertiary/aromatic N) is 3. The molecule has 0 radical (unpaired) electrons. The van der Waals surface area contributed by atoms with Crippen LogP contribution in [-0.4, -0.2) is 87.0 Å². The molecule has 1 aliphatic carbocycles. The van der Waals surface area contributed by atoms with Gasteiger partial charge in [-0.2, -0.15) is 4.31 Å². The van der Waals surface area contributed by atoms with Crippen LogP contribution in [0.2, 0.25) is 0 Å². The third kappa shape index (κ3) is 8.56. The molecule has 0 bridgehead atoms. The molecule has 0 atom stereocenters. The van der Waals surface area contributed by atoms with Crippen LogP contribution in [0.5, 0.6) is 0 Å². The van der Waals surface area contributed by atoms with E-state index in [1.165, 1.54) is 16.3 Å². The molecule has 1 saturated carbocycles. The molecule has 2 aromatic rings. The van der Waals surface area contributed by atoms with Crippen LogP contribution >= 0.6 is 0 Å². The lowest BCUT2D eigenvalue weighted by molar-refractivity contribution is -0.181. The fourth-order valence-corrected chi connectivity index (χ4v) is 7.05. The Morgan fingerprint density at radius 3 is 2.55 bits per heavy atom. The summed E-state index contributed by atoms with van der Waals surface area (Å²) in [6.45, 7) is 5.13. The Hall–Kier alpha value is -4.27. The summed E-state index contributed by atoms with van der Waals surface area (Å²) in [7, 11) is -3.70. The van der Waals surface area contributed by atoms with Crippen molar-refractivity contribution in [2.24, 2.45) is 16.6 Å². The molecule has 4 N–H and O–H groups in total. The van der Waals surface area contributed by atoms with E-state index in [0.717, 1.165) is 24.8 Å². The number of sulfonamides is 1. The Labute approximate surface area is 275 Å². The van der Waals surface area contributed by atoms with Crippen molar-refractivity contribution in [1.82, 2.24) is 20.0 Å². The van der Waals surface area contributed by atoms with Crippen LogP contribution < -0.4 is 16.4 Å². The van der Waals surface area contributed by atoms with Crippen LogP contribution in [0.3, 0.4) is 0 Å². The van der Waals surface area contributed by atoms with Gasteiger partial charge in [-0.25, -0.2) is 23.3 Å². The van der Waals surface area contributed by atoms with Crippen LogP contribution in [-0.2, 0) is 29.2 Å². The van der Waals surface area contributed by atoms with Crippen LogP contribution in [0, 0.1) is 5.92 Å². The second-order valence-electron chi connectivity index (χ2n) is 12.0. The largest absolute Gasteiger partial charge is 0.446 e. The highest BCUT2D eigenvalue weighted by atomic mass is 32.2. The summed E-state index contributed by atoms with van der Waals surface area (Å²) in [5, 5.41) is 6.67. The summed E-state index contributed by atoms with van der Waals surface area (Å²) >= 11 is 0. The molecule has 47 heavy (non-hydrogen) atoms. The normalized spacial score (nSPS) is 16.8. The first-order valence-corrected chi connectivity index (χ1v) is 17.4. The van der Waals surface area contributed by atoms with E-state index < -0.39 is 16.1 Å². The topological polar surface area (TPSA) is 173 Å². The highest BCUT2D eigenvalue weighted by molar-refractivity contribution is 7.89. The van der Waals surface area contributed by atoms with Gasteiger partial charge in [-0.15, -0.1) is 0 Å². The van der Waals surface area contributed by atoms with Gasteiger partial charge in [0.1, 0.15) is 11.9 Å². The summed E-state index contributed by atoms with van der Waals surface area (Å²) < 4.78 is 33.3. The number of hydrogen-bond acceptors (Lipinski definition) is 9. The van der Waals surface area contributed by atoms with Gasteiger partial charge in [-0.05, 0) is 61.1 Å². The van der Waals surface area contributed by atoms with Crippen LogP contribution in [0.4, 0.5) is 10.5 Å². The number of aliphatic imine (C=N–C) groups is 1. The zero-order valence-corrected chi connectivity index (χ0v) is 27.6. The number of carbonyl (C=O) groups excluding carboxylic acids is 3. The number of fused-ring (bicyclic) bond motifs is 1. The molecule has 14 heteroatoms. The molecular weight excluding hydrogens is 624 g/mol. The molecule has 3 aliphatic rings. The molecule has 2 fully saturated rings. The average molecular weight is 667 g/mol. The third-order valence-electron chi connectivity index (χ3n) is 8.24. The van der Waals surface area contributed by atoms with Gasteiger partial charge in [-0.3, -0.25) is 14.4 Å². The van der Waals surface area contributed by atoms with E-state index in [1.807, 2.05) is 31.2 Å². The molecule has 2 aliphatic heterocycles. The highest BCUT2D eigenvalue weighted by Crippen LogP contribution is 2.34. The first-order valence-electron chi connectivity index (χ1n) is 16.0. The third-order valence-corrected chi connectivity index (χ3v) is 10.1. The number of ether oxygens (including phenoxy) is 1. The van der Waals surface area contributed by atoms with Crippen molar-refractivity contribution in [2.75, 3.05) is 39.3 Å². The molecule has 3 amide bonds. The van der Waals surface area contributed by atoms with Crippen molar-refractivity contribution in [3.05, 3.63) is 53.6 Å². The number of alkyl carbamates (subject to hydrolysis) is 1. The minimum Gasteiger partial charge on any atom is -0.446 e. The van der Waals surface area contributed by atoms with Crippen molar-refractivity contribution in [3.63, 3.8) is 0 Å². The van der Waals surface area contributed by atoms with E-state index >= 15 is 0 Å². The number of nitrogens with two attached hydrogens (primary N) is 1. The molecule has 1 saturated heterocycles. The molecule has 0 unspecified atom stereocenters. The average Bonchev–Trinajstić information content (AvgIpc) is 3.16. The lowest BCUT2D eigenvalue weighted by atomic mass is 9.96. The van der Waals surface area contributed by atoms with Crippen molar-refractivity contribution < 1.29 is 32.4 Å². The van der Waals surface area contributed by atoms with Crippen LogP contribution in [0.25, 0.3) is 17.2 Å². The Balaban J connectivity index is 1.26. The Kier molecular flexibility index (Phi) is 10.9. The molecule has 2 aromatic carbocycles. The van der Waals surface area contributed by atoms with Gasteiger partial charge in [0.2, 0.25) is 15.9 Å². The second-order valence-corrected chi connectivity index (χ2v) is 13.9. The van der Waals surface area contributed by atoms with E-state index in [4.69, 9.17) is 15.3 Å². The van der Waals surface area contributed by atoms with Gasteiger partial charge in [0.25, 0.3) is 5.91 Å². The fourth-order valence-electron chi connectivity index (χ4n) is 5.41. The fraction of sp³-hybridized carbons (Fsp3) is 0.455. The Bertz CT molecular complexity index is 1660. The summed E-state index contributed by atoms with van der Waals surface area (Å²) in [5.74, 6) is -0.151. The van der Waals surface area contributed by atoms with Gasteiger partial charge < -0.3 is 21.1 Å². The van der Waals surface area contributed by atoms with Crippen molar-refractivity contribution in [2.45, 2.75) is 57.0 Å². The standard InChI is InChI=1S/C33H42N6O7S/c1-3-13-39(45-14-12-35-33(42)46-28-7-5-8-28)32(41)27-15-26-11-10-25(17-30(26)37-31(34)18-27)24-6-4-9-29(16-24)47(43,44)38-20-23(21-38)19-36-22(2)40/h4,6,9-11,15-17,23,28H,3,5,7-8,12-14,18-21H2,1-2H3,(H2,34,37)(H,35,42)(H,36,40). The predicted molar refractivity (Wildman–Crippen MR) is 177 cm³/mol. The first kappa shape index (κ1) is 34.1. The smallest absolute Gasteiger partial charge is 0.407 e. The van der Waals surface area contributed by atoms with E-state index in [2.05, 4.69) is 15.6 Å². The Morgan fingerprint density at radius 2 is 1.85 bits per heavy atom. The summed E-state index contributed by atoms with van der Waals surface area (Å²) in [5.41, 5.74) is 9.34. The minimum absolute atomic E-state index is 0.0176. The summed E-state index contributed by atoms with van der Waals surface area (Å²) in [6.07, 6.45) is 4.84. The molecule has 0 spiro atoms. The second kappa shape index (κ2) is 15.1. The first-order chi connectivity index (χ1) is 22.5. The Morgan fingerprint density at radius 1 is 1.09 bits per heavy atom. The molecule has 13 nitrogen and oxygen atoms in total. The predicted octanol–water partition coefficient (Wildman–Crippen LogP) is 3.33. The van der Waals surface area contributed by atoms with Gasteiger partial charge in [-0.1, -0.05) is 31.2 Å². The number of benzene rings is 2. The summed E-state index contributed by atoms with van der Waals surface area (Å²) in [4.78, 5) is 47.1. The number of hydroxylamine groups is 2. The lowest BCUT2D eigenvalue weighted by Crippen LogP contribution is -2.53. The quantitative estimate of drug-likeness (QED) is 0.216. The molecule has 0 aromatic heterocycles. The van der Waals surface area contributed by atoms with E-state index in [1.54, 1.807) is 24.3 Å². The number of amidine groups is 1. The highest BCUT2D eigenvalue weighted by Gasteiger charge is 2.36. The van der Waals surface area contributed by atoms with Crippen LogP contribution in [0.1, 0.15) is 51.5 Å². The molecular formula is C33H42N6O7S. The van der Waals surface area contributed by atoms with Crippen molar-refractivity contribution in [1.29, 1.82) is 0 Å². The monoisotopic (exact) mass is 666 g/mol. The lowest BCUT2D eigenvalue weighted by Gasteiger charge is -2.38. The number of hydrogen-bond donors (Lipinski definition) is 3. The summed E-state index contributed by atoms with van der Waals surface area (Å²) in [6, 6.07) is 12.2. The van der Waals surface area contributed by atoms with Gasteiger partial charge >= 0.3 is 6.09 Å². The van der Waals surface area contributed by atoms with Crippen LogP contribution in [0.15, 0.2) is 57.9 Å². The van der Waals surface area contributed by atoms with Crippen molar-refractivity contribution in [3.8, 4) is 11.1 Å². The van der Waals surface area contributed by atoms with Gasteiger partial charge in [0.05, 0.1) is 17.2 Å². The maximum Gasteiger partial charge on any atom is 0.407 e. The van der Waals surface area contributed by atoms with E-state index in [-0.39, 0.29) is 54.1 Å². The maximum atomic E-state index is 13.5. The van der Waals surface area contributed by atoms with E-state index in [0.29, 0.717) is 55.0 Å². The van der Waals surface area contributed by atoms with E-state index in [9.17, 15) is 22.8 Å². The SMILES string of the molecule is CCCN(OCCNC(=O)OC1CCC1)C(=O)C1=Cc2ccc(-c3cccc(S(=O)(=O)N4CC(CNC(C)=O)C4)c3)cc2N=C(N)C1.